The van der Waals surface area contributed by atoms with E-state index in [1.165, 1.54) is 0 Å². The Morgan fingerprint density at radius 1 is 1.00 bits per heavy atom. The van der Waals surface area contributed by atoms with Gasteiger partial charge in [-0.25, -0.2) is 0 Å². The quantitative estimate of drug-likeness (QED) is 0.656. The average molecular weight is 470 g/mol. The van der Waals surface area contributed by atoms with Gasteiger partial charge in [0, 0.05) is 40.8 Å². The normalized spacial score (nSPS) is 21.5. The molecule has 8 heteroatoms. The van der Waals surface area contributed by atoms with Crippen molar-refractivity contribution in [2.75, 3.05) is 12.1 Å². The number of anilines is 1. The van der Waals surface area contributed by atoms with Gasteiger partial charge < -0.3 is 25.4 Å². The van der Waals surface area contributed by atoms with Crippen molar-refractivity contribution in [1.29, 1.82) is 0 Å². The lowest BCUT2D eigenvalue weighted by Crippen LogP contribution is -2.44. The Bertz CT molecular complexity index is 1060. The lowest BCUT2D eigenvalue weighted by atomic mass is 9.90. The van der Waals surface area contributed by atoms with Crippen LogP contribution in [0.25, 0.3) is 0 Å². The van der Waals surface area contributed by atoms with Crippen LogP contribution in [-0.4, -0.2) is 35.6 Å². The minimum Gasteiger partial charge on any atom is -0.454 e. The molecule has 2 aliphatic carbocycles. The van der Waals surface area contributed by atoms with Crippen LogP contribution in [0, 0.1) is 5.92 Å². The summed E-state index contributed by atoms with van der Waals surface area (Å²) in [6, 6.07) is 10.9. The lowest BCUT2D eigenvalue weighted by molar-refractivity contribution is -0.136. The number of nitrogens with zero attached hydrogens (tertiary/aromatic N) is 1. The van der Waals surface area contributed by atoms with Crippen LogP contribution in [0.4, 0.5) is 5.69 Å². The largest absolute Gasteiger partial charge is 0.454 e. The SMILES string of the molecule is NC1CCC(N(Cc2cc(NC(=O)c3ccc4c(c3)OCO4)ccc2Cl)C(=O)C2CC2)CC1. The molecule has 0 aromatic heterocycles. The van der Waals surface area contributed by atoms with Crippen molar-refractivity contribution in [2.45, 2.75) is 57.2 Å². The van der Waals surface area contributed by atoms with Crippen LogP contribution in [0.3, 0.4) is 0 Å². The highest BCUT2D eigenvalue weighted by atomic mass is 35.5. The minimum atomic E-state index is -0.256. The number of ether oxygens (including phenoxy) is 2. The van der Waals surface area contributed by atoms with E-state index in [0.29, 0.717) is 34.3 Å². The fourth-order valence-electron chi connectivity index (χ4n) is 4.56. The van der Waals surface area contributed by atoms with Crippen molar-refractivity contribution < 1.29 is 19.1 Å². The third-order valence-electron chi connectivity index (χ3n) is 6.67. The molecule has 0 saturated heterocycles. The van der Waals surface area contributed by atoms with Crippen molar-refractivity contribution in [1.82, 2.24) is 4.90 Å². The molecule has 0 radical (unpaired) electrons. The van der Waals surface area contributed by atoms with E-state index in [-0.39, 0.29) is 36.6 Å². The molecule has 2 fully saturated rings. The number of nitrogens with one attached hydrogen (secondary N) is 1. The summed E-state index contributed by atoms with van der Waals surface area (Å²) in [4.78, 5) is 27.9. The number of carbonyl (C=O) groups is 2. The van der Waals surface area contributed by atoms with Crippen LogP contribution >= 0.6 is 11.6 Å². The second-order valence-corrected chi connectivity index (χ2v) is 9.54. The van der Waals surface area contributed by atoms with Crippen molar-refractivity contribution in [3.05, 3.63) is 52.5 Å². The first-order valence-electron chi connectivity index (χ1n) is 11.5. The van der Waals surface area contributed by atoms with Crippen LogP contribution in [0.15, 0.2) is 36.4 Å². The van der Waals surface area contributed by atoms with Gasteiger partial charge in [-0.3, -0.25) is 9.59 Å². The van der Waals surface area contributed by atoms with Gasteiger partial charge in [-0.1, -0.05) is 11.6 Å². The Kier molecular flexibility index (Phi) is 6.17. The summed E-state index contributed by atoms with van der Waals surface area (Å²) in [7, 11) is 0. The van der Waals surface area contributed by atoms with Gasteiger partial charge >= 0.3 is 0 Å². The van der Waals surface area contributed by atoms with Crippen LogP contribution < -0.4 is 20.5 Å². The topological polar surface area (TPSA) is 93.9 Å². The Morgan fingerprint density at radius 2 is 1.76 bits per heavy atom. The fourth-order valence-corrected chi connectivity index (χ4v) is 4.74. The number of nitrogens with two attached hydrogens (primary N) is 1. The van der Waals surface area contributed by atoms with Gasteiger partial charge in [0.1, 0.15) is 0 Å². The number of amides is 2. The lowest BCUT2D eigenvalue weighted by Gasteiger charge is -2.36. The van der Waals surface area contributed by atoms with E-state index in [9.17, 15) is 9.59 Å². The molecule has 2 aromatic rings. The molecule has 0 atom stereocenters. The monoisotopic (exact) mass is 469 g/mol. The molecule has 7 nitrogen and oxygen atoms in total. The molecule has 2 amide bonds. The van der Waals surface area contributed by atoms with Crippen LogP contribution in [0.5, 0.6) is 11.5 Å². The Balaban J connectivity index is 1.32. The number of benzene rings is 2. The summed E-state index contributed by atoms with van der Waals surface area (Å²) in [5.41, 5.74) is 8.01. The third-order valence-corrected chi connectivity index (χ3v) is 7.04. The fraction of sp³-hybridized carbons (Fsp3) is 0.440. The molecule has 0 bridgehead atoms. The molecule has 33 heavy (non-hydrogen) atoms. The first-order valence-corrected chi connectivity index (χ1v) is 11.9. The zero-order valence-corrected chi connectivity index (χ0v) is 19.1. The molecule has 2 saturated carbocycles. The van der Waals surface area contributed by atoms with Crippen molar-refractivity contribution >= 4 is 29.1 Å². The molecular formula is C25H28ClN3O4. The highest BCUT2D eigenvalue weighted by Crippen LogP contribution is 2.36. The molecule has 0 spiro atoms. The number of halogens is 1. The van der Waals surface area contributed by atoms with Crippen molar-refractivity contribution in [3.63, 3.8) is 0 Å². The van der Waals surface area contributed by atoms with Crippen LogP contribution in [-0.2, 0) is 11.3 Å². The smallest absolute Gasteiger partial charge is 0.255 e. The molecule has 3 N–H and O–H groups in total. The van der Waals surface area contributed by atoms with E-state index in [0.717, 1.165) is 44.1 Å². The molecular weight excluding hydrogens is 442 g/mol. The number of hydrogen-bond donors (Lipinski definition) is 2. The maximum absolute atomic E-state index is 13.1. The van der Waals surface area contributed by atoms with Gasteiger partial charge in [-0.15, -0.1) is 0 Å². The second-order valence-electron chi connectivity index (χ2n) is 9.14. The molecule has 2 aromatic carbocycles. The van der Waals surface area contributed by atoms with E-state index in [4.69, 9.17) is 26.8 Å². The molecule has 174 valence electrons. The van der Waals surface area contributed by atoms with Gasteiger partial charge in [0.05, 0.1) is 0 Å². The van der Waals surface area contributed by atoms with Gasteiger partial charge in [0.15, 0.2) is 11.5 Å². The standard InChI is InChI=1S/C25H28ClN3O4/c26-21-9-6-19(28-24(30)16-3-10-22-23(12-16)33-14-32-22)11-17(21)13-29(25(31)15-1-2-15)20-7-4-18(27)5-8-20/h3,6,9-12,15,18,20H,1-2,4-5,7-8,13-14,27H2,(H,28,30). The zero-order valence-electron chi connectivity index (χ0n) is 18.4. The molecule has 0 unspecified atom stereocenters. The third kappa shape index (κ3) is 4.94. The predicted octanol–water partition coefficient (Wildman–Crippen LogP) is 4.33. The van der Waals surface area contributed by atoms with E-state index in [1.54, 1.807) is 30.3 Å². The van der Waals surface area contributed by atoms with Gasteiger partial charge in [-0.05, 0) is 80.5 Å². The second kappa shape index (κ2) is 9.23. The summed E-state index contributed by atoms with van der Waals surface area (Å²) in [5.74, 6) is 1.27. The van der Waals surface area contributed by atoms with Crippen molar-refractivity contribution in [2.24, 2.45) is 11.7 Å². The number of rotatable bonds is 6. The summed E-state index contributed by atoms with van der Waals surface area (Å²) in [6.07, 6.45) is 5.61. The summed E-state index contributed by atoms with van der Waals surface area (Å²) < 4.78 is 10.7. The summed E-state index contributed by atoms with van der Waals surface area (Å²) >= 11 is 6.52. The number of carbonyl (C=O) groups excluding carboxylic acids is 2. The van der Waals surface area contributed by atoms with E-state index < -0.39 is 0 Å². The van der Waals surface area contributed by atoms with Gasteiger partial charge in [-0.2, -0.15) is 0 Å². The van der Waals surface area contributed by atoms with Gasteiger partial charge in [0.2, 0.25) is 12.7 Å². The Hall–Kier alpha value is -2.77. The Morgan fingerprint density at radius 3 is 2.52 bits per heavy atom. The molecule has 3 aliphatic rings. The van der Waals surface area contributed by atoms with E-state index in [2.05, 4.69) is 5.32 Å². The molecule has 1 heterocycles. The van der Waals surface area contributed by atoms with Crippen LogP contribution in [0.2, 0.25) is 5.02 Å². The Labute approximate surface area is 198 Å². The van der Waals surface area contributed by atoms with E-state index in [1.807, 2.05) is 11.0 Å². The van der Waals surface area contributed by atoms with Gasteiger partial charge in [0.25, 0.3) is 5.91 Å². The number of hydrogen-bond acceptors (Lipinski definition) is 5. The zero-order chi connectivity index (χ0) is 22.9. The summed E-state index contributed by atoms with van der Waals surface area (Å²) in [5, 5.41) is 3.51. The highest BCUT2D eigenvalue weighted by Gasteiger charge is 2.37. The van der Waals surface area contributed by atoms with Crippen molar-refractivity contribution in [3.8, 4) is 11.5 Å². The minimum absolute atomic E-state index is 0.133. The maximum atomic E-state index is 13.1. The first kappa shape index (κ1) is 22.0. The first-order chi connectivity index (χ1) is 16.0. The molecule has 1 aliphatic heterocycles. The number of fused-ring (bicyclic) bond motifs is 1. The molecule has 5 rings (SSSR count). The predicted molar refractivity (Wildman–Crippen MR) is 125 cm³/mol. The van der Waals surface area contributed by atoms with Crippen LogP contribution in [0.1, 0.15) is 54.4 Å². The maximum Gasteiger partial charge on any atom is 0.255 e. The van der Waals surface area contributed by atoms with E-state index >= 15 is 0 Å². The highest BCUT2D eigenvalue weighted by molar-refractivity contribution is 6.31. The summed E-state index contributed by atoms with van der Waals surface area (Å²) in [6.45, 7) is 0.589. The average Bonchev–Trinajstić information content (AvgIpc) is 3.56.